The van der Waals surface area contributed by atoms with Gasteiger partial charge < -0.3 is 13.9 Å². The number of rotatable bonds is 6. The van der Waals surface area contributed by atoms with Gasteiger partial charge in [0.15, 0.2) is 0 Å². The van der Waals surface area contributed by atoms with Gasteiger partial charge in [-0.05, 0) is 93.5 Å². The molecule has 59 heavy (non-hydrogen) atoms. The van der Waals surface area contributed by atoms with Crippen LogP contribution in [-0.2, 0) is 0 Å². The summed E-state index contributed by atoms with van der Waals surface area (Å²) < 4.78 is 48.5. The molecule has 0 amide bonds. The van der Waals surface area contributed by atoms with Gasteiger partial charge in [-0.2, -0.15) is 0 Å². The summed E-state index contributed by atoms with van der Waals surface area (Å²) in [5.74, 6) is 0. The van der Waals surface area contributed by atoms with Gasteiger partial charge in [0, 0.05) is 38.5 Å². The van der Waals surface area contributed by atoms with E-state index < -0.39 is 0 Å². The van der Waals surface area contributed by atoms with Crippen LogP contribution in [0.5, 0.6) is 0 Å². The second kappa shape index (κ2) is 13.4. The normalized spacial score (nSPS) is 12.7. The second-order valence-corrected chi connectivity index (χ2v) is 14.9. The van der Waals surface area contributed by atoms with Crippen molar-refractivity contribution in [3.8, 4) is 27.9 Å². The molecule has 0 N–H and O–H groups in total. The first-order valence-electron chi connectivity index (χ1n) is 21.9. The molecule has 10 aromatic carbocycles. The van der Waals surface area contributed by atoms with E-state index in [1.54, 1.807) is 0 Å². The van der Waals surface area contributed by atoms with E-state index in [9.17, 15) is 5.48 Å². The number of hydrogen-bond donors (Lipinski definition) is 0. The van der Waals surface area contributed by atoms with E-state index in [-0.39, 0.29) is 35.4 Å². The lowest BCUT2D eigenvalue weighted by Crippen LogP contribution is -2.10. The molecule has 0 radical (unpaired) electrons. The summed E-state index contributed by atoms with van der Waals surface area (Å²) in [6, 6.07) is 64.5. The van der Waals surface area contributed by atoms with Crippen LogP contribution in [0.1, 0.15) is 5.48 Å². The maximum atomic E-state index is 9.96. The van der Waals surface area contributed by atoms with E-state index in [1.165, 1.54) is 0 Å². The van der Waals surface area contributed by atoms with Crippen molar-refractivity contribution < 1.29 is 9.90 Å². The van der Waals surface area contributed by atoms with Crippen molar-refractivity contribution in [3.63, 3.8) is 0 Å². The minimum Gasteiger partial charge on any atom is -0.455 e. The third kappa shape index (κ3) is 5.29. The number of aromatic nitrogens is 1. The van der Waals surface area contributed by atoms with Crippen LogP contribution in [0.3, 0.4) is 0 Å². The summed E-state index contributed by atoms with van der Waals surface area (Å²) in [6.45, 7) is 0. The summed E-state index contributed by atoms with van der Waals surface area (Å²) >= 11 is 0. The predicted octanol–water partition coefficient (Wildman–Crippen LogP) is 15.8. The minimum absolute atomic E-state index is 0.135. The molecule has 276 valence electrons. The Morgan fingerprint density at radius 1 is 0.424 bits per heavy atom. The molecule has 0 atom stereocenters. The van der Waals surface area contributed by atoms with Crippen molar-refractivity contribution in [2.75, 3.05) is 4.90 Å². The maximum Gasteiger partial charge on any atom is 0.143 e. The van der Waals surface area contributed by atoms with Crippen LogP contribution >= 0.6 is 0 Å². The zero-order valence-corrected chi connectivity index (χ0v) is 31.8. The standard InChI is InChI=1S/C56H36N2O/c1-3-19-43-37(14-1)16-12-24-44(43)40-17-11-18-42(36-40)57(53-28-13-29-54-55(53)49-35-32-38-15-2-4-21-46(38)56(49)59-54)41-33-30-39(31-34-41)45-20-5-8-25-50(45)58-51-26-9-6-22-47(51)48-23-7-10-27-52(48)58/h1-36H/i30D,31D,33D,34D. The second-order valence-electron chi connectivity index (χ2n) is 14.9. The first-order chi connectivity index (χ1) is 31.0. The van der Waals surface area contributed by atoms with Gasteiger partial charge in [0.2, 0.25) is 0 Å². The summed E-state index contributed by atoms with van der Waals surface area (Å²) in [7, 11) is 0. The molecule has 0 spiro atoms. The van der Waals surface area contributed by atoms with Gasteiger partial charge >= 0.3 is 0 Å². The van der Waals surface area contributed by atoms with Crippen LogP contribution in [0.25, 0.3) is 93.2 Å². The Morgan fingerprint density at radius 2 is 1.03 bits per heavy atom. The molecule has 2 aromatic heterocycles. The van der Waals surface area contributed by atoms with Gasteiger partial charge in [0.25, 0.3) is 0 Å². The van der Waals surface area contributed by atoms with Crippen molar-refractivity contribution in [3.05, 3.63) is 218 Å². The summed E-state index contributed by atoms with van der Waals surface area (Å²) in [5, 5.41) is 8.15. The number of anilines is 3. The van der Waals surface area contributed by atoms with E-state index in [0.29, 0.717) is 22.5 Å². The zero-order valence-electron chi connectivity index (χ0n) is 35.8. The molecule has 0 unspecified atom stereocenters. The van der Waals surface area contributed by atoms with Gasteiger partial charge in [-0.1, -0.05) is 158 Å². The molecule has 12 rings (SSSR count). The fraction of sp³-hybridized carbons (Fsp3) is 0. The molecule has 0 aliphatic rings. The molecular formula is C56H36N2O. The van der Waals surface area contributed by atoms with Crippen LogP contribution < -0.4 is 4.90 Å². The first kappa shape index (κ1) is 29.4. The molecule has 3 heteroatoms. The predicted molar refractivity (Wildman–Crippen MR) is 249 cm³/mol. The van der Waals surface area contributed by atoms with Gasteiger partial charge in [0.05, 0.1) is 33.3 Å². The number of furan rings is 1. The number of para-hydroxylation sites is 3. The first-order valence-corrected chi connectivity index (χ1v) is 19.9. The number of nitrogens with zero attached hydrogens (tertiary/aromatic N) is 2. The molecule has 0 bridgehead atoms. The highest BCUT2D eigenvalue weighted by molar-refractivity contribution is 6.19. The Morgan fingerprint density at radius 3 is 1.83 bits per heavy atom. The lowest BCUT2D eigenvalue weighted by molar-refractivity contribution is 0.672. The minimum atomic E-state index is -0.158. The third-order valence-corrected chi connectivity index (χ3v) is 11.6. The van der Waals surface area contributed by atoms with Crippen molar-refractivity contribution in [2.24, 2.45) is 0 Å². The van der Waals surface area contributed by atoms with Crippen LogP contribution in [0.15, 0.2) is 223 Å². The van der Waals surface area contributed by atoms with Crippen LogP contribution in [0, 0.1) is 0 Å². The molecule has 0 aliphatic heterocycles. The molecule has 12 aromatic rings. The van der Waals surface area contributed by atoms with E-state index in [1.807, 2.05) is 108 Å². The Kier molecular flexibility index (Phi) is 6.65. The van der Waals surface area contributed by atoms with E-state index >= 15 is 0 Å². The zero-order chi connectivity index (χ0) is 42.3. The van der Waals surface area contributed by atoms with E-state index in [4.69, 9.17) is 4.42 Å². The SMILES string of the molecule is [2H]c1c([2H])c(N(c2cccc(-c3cccc4ccccc34)c2)c2cccc3oc4c5ccccc5ccc4c23)c([2H])c([2H])c1-c1ccccc1-n1c2ccccc2c2ccccc21. The van der Waals surface area contributed by atoms with Crippen LogP contribution in [0.4, 0.5) is 17.1 Å². The largest absolute Gasteiger partial charge is 0.455 e. The van der Waals surface area contributed by atoms with Crippen molar-refractivity contribution >= 4 is 82.4 Å². The molecule has 3 nitrogen and oxygen atoms in total. The summed E-state index contributed by atoms with van der Waals surface area (Å²) in [6.07, 6.45) is 0. The summed E-state index contributed by atoms with van der Waals surface area (Å²) in [4.78, 5) is 1.89. The Balaban J connectivity index is 1.13. The Bertz CT molecular complexity index is 3740. The summed E-state index contributed by atoms with van der Waals surface area (Å²) in [5.41, 5.74) is 8.48. The number of hydrogen-bond acceptors (Lipinski definition) is 2. The molecule has 2 heterocycles. The average molecular weight is 757 g/mol. The lowest BCUT2D eigenvalue weighted by atomic mass is 9.97. The third-order valence-electron chi connectivity index (χ3n) is 11.6. The lowest BCUT2D eigenvalue weighted by Gasteiger charge is -2.27. The van der Waals surface area contributed by atoms with Crippen LogP contribution in [0.2, 0.25) is 0 Å². The highest BCUT2D eigenvalue weighted by Crippen LogP contribution is 2.46. The van der Waals surface area contributed by atoms with Gasteiger partial charge in [0.1, 0.15) is 11.2 Å². The quantitative estimate of drug-likeness (QED) is 0.168. The molecule has 0 saturated carbocycles. The van der Waals surface area contributed by atoms with Gasteiger partial charge in [-0.15, -0.1) is 0 Å². The number of benzene rings is 10. The molecule has 0 aliphatic carbocycles. The van der Waals surface area contributed by atoms with Gasteiger partial charge in [-0.3, -0.25) is 0 Å². The smallest absolute Gasteiger partial charge is 0.143 e. The topological polar surface area (TPSA) is 21.3 Å². The molecule has 0 fully saturated rings. The molecular weight excluding hydrogens is 717 g/mol. The van der Waals surface area contributed by atoms with Crippen LogP contribution in [-0.4, -0.2) is 4.57 Å². The highest BCUT2D eigenvalue weighted by Gasteiger charge is 2.22. The maximum absolute atomic E-state index is 9.96. The number of fused-ring (bicyclic) bond motifs is 9. The monoisotopic (exact) mass is 756 g/mol. The highest BCUT2D eigenvalue weighted by atomic mass is 16.3. The average Bonchev–Trinajstić information content (AvgIpc) is 3.89. The van der Waals surface area contributed by atoms with Crippen molar-refractivity contribution in [2.45, 2.75) is 0 Å². The molecule has 0 saturated heterocycles. The van der Waals surface area contributed by atoms with Crippen molar-refractivity contribution in [1.82, 2.24) is 4.57 Å². The van der Waals surface area contributed by atoms with E-state index in [0.717, 1.165) is 76.5 Å². The fourth-order valence-corrected chi connectivity index (χ4v) is 9.01. The Hall–Kier alpha value is -7.88. The van der Waals surface area contributed by atoms with Crippen molar-refractivity contribution in [1.29, 1.82) is 0 Å². The fourth-order valence-electron chi connectivity index (χ4n) is 9.01. The van der Waals surface area contributed by atoms with E-state index in [2.05, 4.69) is 95.6 Å². The van der Waals surface area contributed by atoms with Gasteiger partial charge in [-0.25, -0.2) is 0 Å². The Labute approximate surface area is 346 Å².